The van der Waals surface area contributed by atoms with Crippen LogP contribution in [-0.4, -0.2) is 40.1 Å². The summed E-state index contributed by atoms with van der Waals surface area (Å²) in [4.78, 5) is 23.9. The number of carbonyl (C=O) groups excluding carboxylic acids is 2. The lowest BCUT2D eigenvalue weighted by Crippen LogP contribution is -2.33. The molecule has 0 aliphatic heterocycles. The van der Waals surface area contributed by atoms with E-state index in [0.29, 0.717) is 22.8 Å². The topological polar surface area (TPSA) is 127 Å². The maximum Gasteiger partial charge on any atom is 0.255 e. The molecule has 0 spiro atoms. The van der Waals surface area contributed by atoms with Gasteiger partial charge in [0.1, 0.15) is 11.5 Å². The van der Waals surface area contributed by atoms with Gasteiger partial charge in [0.05, 0.1) is 37.4 Å². The first-order valence-corrected chi connectivity index (χ1v) is 9.36. The minimum atomic E-state index is -3.51. The number of furan rings is 1. The molecule has 3 N–H and O–H groups in total. The predicted molar refractivity (Wildman–Crippen MR) is 95.9 cm³/mol. The maximum absolute atomic E-state index is 12.0. The van der Waals surface area contributed by atoms with Gasteiger partial charge in [-0.05, 0) is 31.2 Å². The molecule has 0 saturated carbocycles. The van der Waals surface area contributed by atoms with Crippen LogP contribution in [0.15, 0.2) is 34.9 Å². The van der Waals surface area contributed by atoms with Crippen molar-refractivity contribution in [3.05, 3.63) is 41.9 Å². The van der Waals surface area contributed by atoms with Crippen molar-refractivity contribution < 1.29 is 27.2 Å². The van der Waals surface area contributed by atoms with E-state index in [1.54, 1.807) is 13.0 Å². The van der Waals surface area contributed by atoms with Gasteiger partial charge in [-0.1, -0.05) is 0 Å². The molecule has 140 valence electrons. The van der Waals surface area contributed by atoms with Gasteiger partial charge in [-0.15, -0.1) is 0 Å². The van der Waals surface area contributed by atoms with Crippen molar-refractivity contribution in [1.29, 1.82) is 0 Å². The van der Waals surface area contributed by atoms with Gasteiger partial charge in [0.25, 0.3) is 5.91 Å². The molecule has 2 aromatic rings. The molecule has 10 heteroatoms. The number of hydrogen-bond acceptors (Lipinski definition) is 6. The van der Waals surface area contributed by atoms with Crippen LogP contribution in [0.4, 0.5) is 11.4 Å². The lowest BCUT2D eigenvalue weighted by atomic mass is 10.2. The third-order valence-corrected chi connectivity index (χ3v) is 3.88. The van der Waals surface area contributed by atoms with Crippen LogP contribution < -0.4 is 20.1 Å². The van der Waals surface area contributed by atoms with Crippen LogP contribution in [-0.2, 0) is 14.8 Å². The van der Waals surface area contributed by atoms with Crippen molar-refractivity contribution in [3.63, 3.8) is 0 Å². The van der Waals surface area contributed by atoms with E-state index in [1.165, 1.54) is 31.6 Å². The van der Waals surface area contributed by atoms with Gasteiger partial charge in [-0.25, -0.2) is 8.42 Å². The van der Waals surface area contributed by atoms with Crippen LogP contribution in [0, 0.1) is 6.92 Å². The van der Waals surface area contributed by atoms with E-state index in [2.05, 4.69) is 15.4 Å². The minimum Gasteiger partial charge on any atom is -0.495 e. The van der Waals surface area contributed by atoms with Crippen LogP contribution in [0.1, 0.15) is 16.1 Å². The molecule has 0 aliphatic carbocycles. The number of hydrogen-bond donors (Lipinski definition) is 3. The third kappa shape index (κ3) is 5.24. The Hall–Kier alpha value is -3.01. The van der Waals surface area contributed by atoms with Crippen LogP contribution in [0.5, 0.6) is 5.75 Å². The SMILES string of the molecule is COc1ccc(NC(=O)CNC(=O)c2ccoc2C)cc1NS(C)(=O)=O. The fourth-order valence-corrected chi connectivity index (χ4v) is 2.71. The zero-order valence-corrected chi connectivity index (χ0v) is 15.3. The van der Waals surface area contributed by atoms with Gasteiger partial charge in [0.15, 0.2) is 0 Å². The minimum absolute atomic E-state index is 0.186. The van der Waals surface area contributed by atoms with E-state index in [-0.39, 0.29) is 12.2 Å². The molecule has 9 nitrogen and oxygen atoms in total. The number of methoxy groups -OCH3 is 1. The predicted octanol–water partition coefficient (Wildman–Crippen LogP) is 1.34. The number of aryl methyl sites for hydroxylation is 1. The lowest BCUT2D eigenvalue weighted by molar-refractivity contribution is -0.115. The van der Waals surface area contributed by atoms with Crippen LogP contribution in [0.3, 0.4) is 0 Å². The van der Waals surface area contributed by atoms with Gasteiger partial charge in [-0.3, -0.25) is 14.3 Å². The zero-order valence-electron chi connectivity index (χ0n) is 14.5. The summed E-state index contributed by atoms with van der Waals surface area (Å²) in [6, 6.07) is 5.98. The number of benzene rings is 1. The summed E-state index contributed by atoms with van der Waals surface area (Å²) in [5, 5.41) is 5.04. The molecular weight excluding hydrogens is 362 g/mol. The smallest absolute Gasteiger partial charge is 0.255 e. The average molecular weight is 381 g/mol. The summed E-state index contributed by atoms with van der Waals surface area (Å²) in [5.41, 5.74) is 0.878. The molecule has 0 bridgehead atoms. The standard InChI is InChI=1S/C16H19N3O6S/c1-10-12(6-7-25-10)16(21)17-9-15(20)18-11-4-5-14(24-2)13(8-11)19-26(3,22)23/h4-8,19H,9H2,1-3H3,(H,17,21)(H,18,20). The van der Waals surface area contributed by atoms with E-state index in [4.69, 9.17) is 9.15 Å². The summed E-state index contributed by atoms with van der Waals surface area (Å²) >= 11 is 0. The zero-order chi connectivity index (χ0) is 19.3. The number of rotatable bonds is 7. The van der Waals surface area contributed by atoms with Crippen molar-refractivity contribution in [1.82, 2.24) is 5.32 Å². The molecular formula is C16H19N3O6S. The first-order valence-electron chi connectivity index (χ1n) is 7.47. The lowest BCUT2D eigenvalue weighted by Gasteiger charge is -2.12. The molecule has 0 radical (unpaired) electrons. The molecule has 2 rings (SSSR count). The van der Waals surface area contributed by atoms with Crippen LogP contribution in [0.25, 0.3) is 0 Å². The first-order chi connectivity index (χ1) is 12.2. The normalized spacial score (nSPS) is 10.9. The molecule has 0 atom stereocenters. The van der Waals surface area contributed by atoms with E-state index in [9.17, 15) is 18.0 Å². The largest absolute Gasteiger partial charge is 0.495 e. The quantitative estimate of drug-likeness (QED) is 0.664. The monoisotopic (exact) mass is 381 g/mol. The van der Waals surface area contributed by atoms with Gasteiger partial charge >= 0.3 is 0 Å². The fourth-order valence-electron chi connectivity index (χ4n) is 2.15. The number of sulfonamides is 1. The second-order valence-electron chi connectivity index (χ2n) is 5.41. The average Bonchev–Trinajstić information content (AvgIpc) is 2.97. The molecule has 1 aromatic carbocycles. The number of ether oxygens (including phenoxy) is 1. The van der Waals surface area contributed by atoms with E-state index in [1.807, 2.05) is 0 Å². The molecule has 0 fully saturated rings. The second-order valence-corrected chi connectivity index (χ2v) is 7.16. The second kappa shape index (κ2) is 7.91. The summed E-state index contributed by atoms with van der Waals surface area (Å²) in [6.45, 7) is 1.38. The molecule has 0 aliphatic rings. The summed E-state index contributed by atoms with van der Waals surface area (Å²) in [7, 11) is -2.12. The van der Waals surface area contributed by atoms with Crippen molar-refractivity contribution in [2.24, 2.45) is 0 Å². The maximum atomic E-state index is 12.0. The molecule has 0 unspecified atom stereocenters. The Morgan fingerprint density at radius 3 is 2.54 bits per heavy atom. The summed E-state index contributed by atoms with van der Waals surface area (Å²) in [6.07, 6.45) is 2.39. The Bertz CT molecular complexity index is 920. The fraction of sp³-hybridized carbons (Fsp3) is 0.250. The van der Waals surface area contributed by atoms with Crippen LogP contribution in [0.2, 0.25) is 0 Å². The van der Waals surface area contributed by atoms with Crippen molar-refractivity contribution in [3.8, 4) is 5.75 Å². The number of carbonyl (C=O) groups is 2. The number of anilines is 2. The van der Waals surface area contributed by atoms with Gasteiger partial charge in [0, 0.05) is 5.69 Å². The summed E-state index contributed by atoms with van der Waals surface area (Å²) < 4.78 is 35.2. The first kappa shape index (κ1) is 19.3. The van der Waals surface area contributed by atoms with Crippen molar-refractivity contribution >= 4 is 33.2 Å². The third-order valence-electron chi connectivity index (χ3n) is 3.29. The Morgan fingerprint density at radius 1 is 1.23 bits per heavy atom. The highest BCUT2D eigenvalue weighted by atomic mass is 32.2. The highest BCUT2D eigenvalue weighted by molar-refractivity contribution is 7.92. The highest BCUT2D eigenvalue weighted by Crippen LogP contribution is 2.28. The Kier molecular flexibility index (Phi) is 5.88. The summed E-state index contributed by atoms with van der Waals surface area (Å²) in [5.74, 6) is -0.151. The van der Waals surface area contributed by atoms with Gasteiger partial charge in [-0.2, -0.15) is 0 Å². The molecule has 2 amide bonds. The number of amides is 2. The molecule has 26 heavy (non-hydrogen) atoms. The van der Waals surface area contributed by atoms with E-state index < -0.39 is 21.8 Å². The molecule has 1 aromatic heterocycles. The van der Waals surface area contributed by atoms with Gasteiger partial charge in [0.2, 0.25) is 15.9 Å². The van der Waals surface area contributed by atoms with E-state index in [0.717, 1.165) is 6.26 Å². The van der Waals surface area contributed by atoms with Crippen molar-refractivity contribution in [2.75, 3.05) is 29.9 Å². The van der Waals surface area contributed by atoms with E-state index >= 15 is 0 Å². The number of nitrogens with one attached hydrogen (secondary N) is 3. The van der Waals surface area contributed by atoms with Gasteiger partial charge < -0.3 is 19.8 Å². The highest BCUT2D eigenvalue weighted by Gasteiger charge is 2.14. The van der Waals surface area contributed by atoms with Crippen molar-refractivity contribution in [2.45, 2.75) is 6.92 Å². The Labute approximate surface area is 150 Å². The molecule has 1 heterocycles. The Balaban J connectivity index is 2.01. The van der Waals surface area contributed by atoms with Crippen LogP contribution >= 0.6 is 0 Å². The molecule has 0 saturated heterocycles. The Morgan fingerprint density at radius 2 is 1.96 bits per heavy atom.